The van der Waals surface area contributed by atoms with Gasteiger partial charge in [0, 0.05) is 32.1 Å². The zero-order valence-corrected chi connectivity index (χ0v) is 15.7. The van der Waals surface area contributed by atoms with Crippen LogP contribution in [-0.2, 0) is 17.9 Å². The lowest BCUT2D eigenvalue weighted by molar-refractivity contribution is -0.133. The topological polar surface area (TPSA) is 32.8 Å². The van der Waals surface area contributed by atoms with Crippen LogP contribution in [0.4, 0.5) is 4.39 Å². The summed E-state index contributed by atoms with van der Waals surface area (Å²) >= 11 is 0. The summed E-state index contributed by atoms with van der Waals surface area (Å²) in [6.45, 7) is 5.29. The van der Waals surface area contributed by atoms with Crippen LogP contribution in [0.5, 0.6) is 5.75 Å². The number of hydrogen-bond donors (Lipinski definition) is 0. The van der Waals surface area contributed by atoms with Crippen molar-refractivity contribution in [1.82, 2.24) is 9.80 Å². The van der Waals surface area contributed by atoms with Gasteiger partial charge in [0.25, 0.3) is 0 Å². The molecule has 0 aliphatic carbocycles. The maximum Gasteiger partial charge on any atom is 0.219 e. The number of amides is 1. The van der Waals surface area contributed by atoms with Crippen LogP contribution in [0.2, 0.25) is 0 Å². The van der Waals surface area contributed by atoms with Gasteiger partial charge in [-0.2, -0.15) is 0 Å². The molecule has 142 valence electrons. The minimum atomic E-state index is -0.406. The van der Waals surface area contributed by atoms with Gasteiger partial charge in [0.2, 0.25) is 5.91 Å². The Bertz CT molecular complexity index is 823. The Morgan fingerprint density at radius 3 is 2.70 bits per heavy atom. The number of para-hydroxylation sites is 1. The maximum atomic E-state index is 13.2. The number of carbonyl (C=O) groups is 1. The van der Waals surface area contributed by atoms with Gasteiger partial charge >= 0.3 is 0 Å². The number of carbonyl (C=O) groups excluding carboxylic acids is 1. The molecular formula is C22H25FN2O2. The molecule has 2 aromatic carbocycles. The van der Waals surface area contributed by atoms with Crippen molar-refractivity contribution in [2.24, 2.45) is 0 Å². The maximum absolute atomic E-state index is 13.2. The summed E-state index contributed by atoms with van der Waals surface area (Å²) in [5, 5.41) is 0. The smallest absolute Gasteiger partial charge is 0.219 e. The lowest BCUT2D eigenvalue weighted by Crippen LogP contribution is -2.57. The van der Waals surface area contributed by atoms with Crippen LogP contribution in [-0.4, -0.2) is 40.9 Å². The molecule has 2 aliphatic heterocycles. The molecule has 5 heteroatoms. The predicted octanol–water partition coefficient (Wildman–Crippen LogP) is 3.60. The first kappa shape index (κ1) is 18.0. The number of halogens is 1. The Morgan fingerprint density at radius 1 is 1.15 bits per heavy atom. The number of hydrogen-bond acceptors (Lipinski definition) is 3. The molecule has 1 saturated heterocycles. The number of nitrogens with zero attached hydrogens (tertiary/aromatic N) is 2. The highest BCUT2D eigenvalue weighted by molar-refractivity contribution is 5.73. The molecule has 4 rings (SSSR count). The first-order valence-corrected chi connectivity index (χ1v) is 9.52. The van der Waals surface area contributed by atoms with Crippen LogP contribution in [0.1, 0.15) is 30.9 Å². The van der Waals surface area contributed by atoms with Crippen molar-refractivity contribution in [1.29, 1.82) is 0 Å². The average Bonchev–Trinajstić information content (AvgIpc) is 2.80. The van der Waals surface area contributed by atoms with E-state index in [-0.39, 0.29) is 11.7 Å². The number of likely N-dealkylation sites (tertiary alicyclic amines) is 1. The van der Waals surface area contributed by atoms with Crippen LogP contribution in [0, 0.1) is 5.82 Å². The molecule has 27 heavy (non-hydrogen) atoms. The van der Waals surface area contributed by atoms with E-state index in [0.717, 1.165) is 49.4 Å². The van der Waals surface area contributed by atoms with E-state index in [1.807, 2.05) is 41.3 Å². The van der Waals surface area contributed by atoms with Crippen molar-refractivity contribution < 1.29 is 13.9 Å². The van der Waals surface area contributed by atoms with E-state index in [0.29, 0.717) is 13.1 Å². The Kier molecular flexibility index (Phi) is 4.87. The molecule has 1 amide bonds. The first-order valence-electron chi connectivity index (χ1n) is 9.52. The van der Waals surface area contributed by atoms with Gasteiger partial charge in [0.15, 0.2) is 0 Å². The monoisotopic (exact) mass is 368 g/mol. The third-order valence-electron chi connectivity index (χ3n) is 5.52. The van der Waals surface area contributed by atoms with Crippen molar-refractivity contribution in [3.63, 3.8) is 0 Å². The summed E-state index contributed by atoms with van der Waals surface area (Å²) in [7, 11) is 0. The lowest BCUT2D eigenvalue weighted by atomic mass is 9.91. The van der Waals surface area contributed by atoms with Gasteiger partial charge in [0.1, 0.15) is 17.2 Å². The van der Waals surface area contributed by atoms with Gasteiger partial charge in [-0.1, -0.05) is 30.3 Å². The SMILES string of the molecule is CC(=O)N1Cc2ccccc2O[C@]2(CCCN(Cc3ccc(F)cc3)C2)C1. The molecule has 0 N–H and O–H groups in total. The second-order valence-electron chi connectivity index (χ2n) is 7.71. The molecule has 0 aromatic heterocycles. The van der Waals surface area contributed by atoms with Crippen LogP contribution < -0.4 is 4.74 Å². The third kappa shape index (κ3) is 3.98. The first-order chi connectivity index (χ1) is 13.0. The molecule has 2 heterocycles. The Balaban J connectivity index is 1.58. The number of benzene rings is 2. The molecule has 0 unspecified atom stereocenters. The normalized spacial score (nSPS) is 22.8. The van der Waals surface area contributed by atoms with Gasteiger partial charge in [-0.05, 0) is 43.1 Å². The lowest BCUT2D eigenvalue weighted by Gasteiger charge is -2.43. The highest BCUT2D eigenvalue weighted by Crippen LogP contribution is 2.35. The molecule has 2 aliphatic rings. The Morgan fingerprint density at radius 2 is 1.93 bits per heavy atom. The van der Waals surface area contributed by atoms with E-state index in [1.165, 1.54) is 12.1 Å². The second-order valence-corrected chi connectivity index (χ2v) is 7.71. The van der Waals surface area contributed by atoms with Crippen molar-refractivity contribution in [3.05, 3.63) is 65.5 Å². The van der Waals surface area contributed by atoms with Crippen LogP contribution in [0.25, 0.3) is 0 Å². The van der Waals surface area contributed by atoms with Crippen molar-refractivity contribution in [2.75, 3.05) is 19.6 Å². The second kappa shape index (κ2) is 7.31. The average molecular weight is 368 g/mol. The molecule has 2 aromatic rings. The number of piperidine rings is 1. The summed E-state index contributed by atoms with van der Waals surface area (Å²) in [6, 6.07) is 14.7. The van der Waals surface area contributed by atoms with Crippen molar-refractivity contribution in [3.8, 4) is 5.75 Å². The quantitative estimate of drug-likeness (QED) is 0.812. The van der Waals surface area contributed by atoms with Crippen molar-refractivity contribution in [2.45, 2.75) is 38.5 Å². The third-order valence-corrected chi connectivity index (χ3v) is 5.52. The van der Waals surface area contributed by atoms with E-state index in [9.17, 15) is 9.18 Å². The minimum absolute atomic E-state index is 0.0744. The highest BCUT2D eigenvalue weighted by Gasteiger charge is 2.42. The van der Waals surface area contributed by atoms with E-state index < -0.39 is 5.60 Å². The molecule has 0 bridgehead atoms. The van der Waals surface area contributed by atoms with Gasteiger partial charge in [-0.25, -0.2) is 4.39 Å². The molecular weight excluding hydrogens is 343 g/mol. The molecule has 1 atom stereocenters. The molecule has 1 fully saturated rings. The van der Waals surface area contributed by atoms with Gasteiger partial charge in [-0.3, -0.25) is 9.69 Å². The van der Waals surface area contributed by atoms with Gasteiger partial charge in [0.05, 0.1) is 6.54 Å². The number of fused-ring (bicyclic) bond motifs is 1. The summed E-state index contributed by atoms with van der Waals surface area (Å²) in [5.41, 5.74) is 1.74. The number of ether oxygens (including phenoxy) is 1. The molecule has 0 saturated carbocycles. The standard InChI is InChI=1S/C22H25FN2O2/c1-17(26)25-14-19-5-2-3-6-21(19)27-22(16-25)11-4-12-24(15-22)13-18-7-9-20(23)10-8-18/h2-3,5-10H,4,11-16H2,1H3/t22-/m0/s1. The minimum Gasteiger partial charge on any atom is -0.484 e. The van der Waals surface area contributed by atoms with E-state index in [4.69, 9.17) is 4.74 Å². The van der Waals surface area contributed by atoms with E-state index in [1.54, 1.807) is 6.92 Å². The fraction of sp³-hybridized carbons (Fsp3) is 0.409. The van der Waals surface area contributed by atoms with Gasteiger partial charge < -0.3 is 9.64 Å². The predicted molar refractivity (Wildman–Crippen MR) is 102 cm³/mol. The molecule has 0 radical (unpaired) electrons. The Labute approximate surface area is 159 Å². The fourth-order valence-corrected chi connectivity index (χ4v) is 4.22. The Hall–Kier alpha value is -2.40. The van der Waals surface area contributed by atoms with Gasteiger partial charge in [-0.15, -0.1) is 0 Å². The molecule has 1 spiro atoms. The highest BCUT2D eigenvalue weighted by atomic mass is 19.1. The summed E-state index contributed by atoms with van der Waals surface area (Å²) < 4.78 is 19.7. The largest absolute Gasteiger partial charge is 0.484 e. The summed E-state index contributed by atoms with van der Waals surface area (Å²) in [5.74, 6) is 0.741. The number of rotatable bonds is 2. The summed E-state index contributed by atoms with van der Waals surface area (Å²) in [6.07, 6.45) is 1.93. The van der Waals surface area contributed by atoms with E-state index >= 15 is 0 Å². The summed E-state index contributed by atoms with van der Waals surface area (Å²) in [4.78, 5) is 16.5. The zero-order chi connectivity index (χ0) is 18.9. The van der Waals surface area contributed by atoms with Crippen LogP contribution >= 0.6 is 0 Å². The van der Waals surface area contributed by atoms with Crippen LogP contribution in [0.15, 0.2) is 48.5 Å². The van der Waals surface area contributed by atoms with E-state index in [2.05, 4.69) is 4.90 Å². The molecule has 4 nitrogen and oxygen atoms in total. The zero-order valence-electron chi connectivity index (χ0n) is 15.7. The van der Waals surface area contributed by atoms with Crippen molar-refractivity contribution >= 4 is 5.91 Å². The van der Waals surface area contributed by atoms with Crippen LogP contribution in [0.3, 0.4) is 0 Å². The fourth-order valence-electron chi connectivity index (χ4n) is 4.22.